The van der Waals surface area contributed by atoms with Crippen LogP contribution in [0.25, 0.3) is 0 Å². The molecular weight excluding hydrogens is 178 g/mol. The third-order valence-electron chi connectivity index (χ3n) is 2.70. The largest absolute Gasteiger partial charge is 0.338 e. The molecule has 2 atom stereocenters. The fourth-order valence-electron chi connectivity index (χ4n) is 1.77. The number of carbonyl (C=O) groups is 1. The first-order chi connectivity index (χ1) is 6.74. The van der Waals surface area contributed by atoms with E-state index in [1.54, 1.807) is 0 Å². The van der Waals surface area contributed by atoms with E-state index in [1.165, 1.54) is 0 Å². The molecule has 1 aliphatic carbocycles. The Morgan fingerprint density at radius 2 is 2.29 bits per heavy atom. The van der Waals surface area contributed by atoms with E-state index in [4.69, 9.17) is 5.73 Å². The number of amides is 2. The van der Waals surface area contributed by atoms with Gasteiger partial charge in [0.2, 0.25) is 0 Å². The van der Waals surface area contributed by atoms with Gasteiger partial charge in [-0.2, -0.15) is 0 Å². The third-order valence-corrected chi connectivity index (χ3v) is 2.70. The Kier molecular flexibility index (Phi) is 4.73. The first kappa shape index (κ1) is 11.3. The van der Waals surface area contributed by atoms with Crippen LogP contribution in [0.15, 0.2) is 0 Å². The van der Waals surface area contributed by atoms with Gasteiger partial charge in [-0.25, -0.2) is 4.79 Å². The Morgan fingerprint density at radius 1 is 1.50 bits per heavy atom. The molecular formula is C10H21N3O. The van der Waals surface area contributed by atoms with Crippen molar-refractivity contribution in [3.05, 3.63) is 0 Å². The fraction of sp³-hybridized carbons (Fsp3) is 0.900. The van der Waals surface area contributed by atoms with Gasteiger partial charge in [-0.05, 0) is 25.7 Å². The Morgan fingerprint density at radius 3 is 2.86 bits per heavy atom. The summed E-state index contributed by atoms with van der Waals surface area (Å²) in [6, 6.07) is 0.254. The Labute approximate surface area is 85.6 Å². The molecule has 1 fully saturated rings. The zero-order valence-electron chi connectivity index (χ0n) is 8.88. The van der Waals surface area contributed by atoms with Crippen molar-refractivity contribution in [2.75, 3.05) is 6.54 Å². The lowest BCUT2D eigenvalue weighted by Crippen LogP contribution is -2.48. The summed E-state index contributed by atoms with van der Waals surface area (Å²) in [4.78, 5) is 11.3. The van der Waals surface area contributed by atoms with Crippen molar-refractivity contribution in [2.45, 2.75) is 51.1 Å². The summed E-state index contributed by atoms with van der Waals surface area (Å²) in [5.74, 6) is 0. The van der Waals surface area contributed by atoms with E-state index >= 15 is 0 Å². The van der Waals surface area contributed by atoms with E-state index in [2.05, 4.69) is 17.6 Å². The highest BCUT2D eigenvalue weighted by molar-refractivity contribution is 5.74. The zero-order chi connectivity index (χ0) is 10.4. The summed E-state index contributed by atoms with van der Waals surface area (Å²) in [7, 11) is 0. The quantitative estimate of drug-likeness (QED) is 0.590. The molecule has 0 aromatic heterocycles. The van der Waals surface area contributed by atoms with Gasteiger partial charge in [-0.1, -0.05) is 13.3 Å². The van der Waals surface area contributed by atoms with Crippen LogP contribution in [0.4, 0.5) is 4.79 Å². The minimum Gasteiger partial charge on any atom is -0.338 e. The van der Waals surface area contributed by atoms with Crippen LogP contribution in [0.2, 0.25) is 0 Å². The molecule has 0 aromatic carbocycles. The molecule has 82 valence electrons. The molecule has 0 heterocycles. The number of nitrogens with one attached hydrogen (secondary N) is 2. The van der Waals surface area contributed by atoms with Crippen LogP contribution in [0.3, 0.4) is 0 Å². The van der Waals surface area contributed by atoms with Crippen molar-refractivity contribution in [3.8, 4) is 0 Å². The van der Waals surface area contributed by atoms with Gasteiger partial charge in [-0.3, -0.25) is 0 Å². The lowest BCUT2D eigenvalue weighted by Gasteiger charge is -2.17. The molecule has 0 aromatic rings. The molecule has 0 spiro atoms. The minimum absolute atomic E-state index is 0.0687. The van der Waals surface area contributed by atoms with E-state index in [9.17, 15) is 4.79 Å². The zero-order valence-corrected chi connectivity index (χ0v) is 8.88. The van der Waals surface area contributed by atoms with Crippen LogP contribution < -0.4 is 16.4 Å². The SMILES string of the molecule is CCCCNC(=O)NC1CCCC1N. The van der Waals surface area contributed by atoms with Crippen LogP contribution in [0, 0.1) is 0 Å². The molecule has 1 saturated carbocycles. The highest BCUT2D eigenvalue weighted by Gasteiger charge is 2.24. The summed E-state index contributed by atoms with van der Waals surface area (Å²) in [6.45, 7) is 2.86. The molecule has 0 bridgehead atoms. The number of hydrogen-bond donors (Lipinski definition) is 3. The predicted octanol–water partition coefficient (Wildman–Crippen LogP) is 0.965. The standard InChI is InChI=1S/C10H21N3O/c1-2-3-7-12-10(14)13-9-6-4-5-8(9)11/h8-9H,2-7,11H2,1H3,(H2,12,13,14). The molecule has 4 heteroatoms. The lowest BCUT2D eigenvalue weighted by atomic mass is 10.2. The second kappa shape index (κ2) is 5.86. The van der Waals surface area contributed by atoms with Crippen molar-refractivity contribution in [1.29, 1.82) is 0 Å². The van der Waals surface area contributed by atoms with Crippen molar-refractivity contribution < 1.29 is 4.79 Å². The average molecular weight is 199 g/mol. The third kappa shape index (κ3) is 3.54. The van der Waals surface area contributed by atoms with Crippen molar-refractivity contribution in [1.82, 2.24) is 10.6 Å². The molecule has 14 heavy (non-hydrogen) atoms. The monoisotopic (exact) mass is 199 g/mol. The van der Waals surface area contributed by atoms with Crippen molar-refractivity contribution in [3.63, 3.8) is 0 Å². The van der Waals surface area contributed by atoms with Crippen LogP contribution in [0.5, 0.6) is 0 Å². The van der Waals surface area contributed by atoms with Crippen LogP contribution in [-0.2, 0) is 0 Å². The van der Waals surface area contributed by atoms with Gasteiger partial charge in [0.05, 0.1) is 0 Å². The fourth-order valence-corrected chi connectivity index (χ4v) is 1.77. The topological polar surface area (TPSA) is 67.2 Å². The maximum Gasteiger partial charge on any atom is 0.315 e. The molecule has 2 amide bonds. The number of rotatable bonds is 4. The Balaban J connectivity index is 2.13. The number of hydrogen-bond acceptors (Lipinski definition) is 2. The van der Waals surface area contributed by atoms with Gasteiger partial charge in [-0.15, -0.1) is 0 Å². The van der Waals surface area contributed by atoms with Crippen molar-refractivity contribution in [2.24, 2.45) is 5.73 Å². The van der Waals surface area contributed by atoms with Crippen molar-refractivity contribution >= 4 is 6.03 Å². The van der Waals surface area contributed by atoms with Gasteiger partial charge in [0.25, 0.3) is 0 Å². The number of urea groups is 1. The lowest BCUT2D eigenvalue weighted by molar-refractivity contribution is 0.236. The van der Waals surface area contributed by atoms with Crippen LogP contribution >= 0.6 is 0 Å². The van der Waals surface area contributed by atoms with E-state index < -0.39 is 0 Å². The molecule has 4 nitrogen and oxygen atoms in total. The smallest absolute Gasteiger partial charge is 0.315 e. The first-order valence-electron chi connectivity index (χ1n) is 5.54. The van der Waals surface area contributed by atoms with E-state index in [0.717, 1.165) is 38.6 Å². The molecule has 0 radical (unpaired) electrons. The normalized spacial score (nSPS) is 26.1. The molecule has 2 unspecified atom stereocenters. The Bertz CT molecular complexity index is 184. The molecule has 1 aliphatic rings. The van der Waals surface area contributed by atoms with Crippen LogP contribution in [-0.4, -0.2) is 24.7 Å². The maximum absolute atomic E-state index is 11.3. The first-order valence-corrected chi connectivity index (χ1v) is 5.54. The molecule has 1 rings (SSSR count). The number of unbranched alkanes of at least 4 members (excludes halogenated alkanes) is 1. The second-order valence-electron chi connectivity index (χ2n) is 3.96. The van der Waals surface area contributed by atoms with Gasteiger partial charge in [0.15, 0.2) is 0 Å². The van der Waals surface area contributed by atoms with E-state index in [-0.39, 0.29) is 18.1 Å². The highest BCUT2D eigenvalue weighted by Crippen LogP contribution is 2.16. The summed E-state index contributed by atoms with van der Waals surface area (Å²) < 4.78 is 0. The number of nitrogens with two attached hydrogens (primary N) is 1. The summed E-state index contributed by atoms with van der Waals surface area (Å²) >= 11 is 0. The maximum atomic E-state index is 11.3. The predicted molar refractivity (Wildman–Crippen MR) is 57.1 cm³/mol. The molecule has 0 saturated heterocycles. The Hall–Kier alpha value is -0.770. The molecule has 4 N–H and O–H groups in total. The van der Waals surface area contributed by atoms with Gasteiger partial charge in [0, 0.05) is 18.6 Å². The van der Waals surface area contributed by atoms with Gasteiger partial charge < -0.3 is 16.4 Å². The molecule has 0 aliphatic heterocycles. The second-order valence-corrected chi connectivity index (χ2v) is 3.96. The van der Waals surface area contributed by atoms with Crippen LogP contribution in [0.1, 0.15) is 39.0 Å². The summed E-state index contributed by atoms with van der Waals surface area (Å²) in [5, 5.41) is 5.74. The average Bonchev–Trinajstić information content (AvgIpc) is 2.52. The summed E-state index contributed by atoms with van der Waals surface area (Å²) in [5.41, 5.74) is 5.84. The van der Waals surface area contributed by atoms with Gasteiger partial charge in [0.1, 0.15) is 0 Å². The minimum atomic E-state index is -0.0687. The summed E-state index contributed by atoms with van der Waals surface area (Å²) in [6.07, 6.45) is 5.30. The van der Waals surface area contributed by atoms with E-state index in [1.807, 2.05) is 0 Å². The highest BCUT2D eigenvalue weighted by atomic mass is 16.2. The van der Waals surface area contributed by atoms with E-state index in [0.29, 0.717) is 0 Å². The van der Waals surface area contributed by atoms with Gasteiger partial charge >= 0.3 is 6.03 Å². The number of carbonyl (C=O) groups excluding carboxylic acids is 1.